The topological polar surface area (TPSA) is 107 Å². The Morgan fingerprint density at radius 2 is 1.83 bits per heavy atom. The van der Waals surface area contributed by atoms with Gasteiger partial charge in [0.1, 0.15) is 0 Å². The van der Waals surface area contributed by atoms with E-state index in [1.807, 2.05) is 38.1 Å². The number of nitrogen functional groups attached to an aromatic ring is 1. The van der Waals surface area contributed by atoms with Crippen LogP contribution in [0.3, 0.4) is 0 Å². The van der Waals surface area contributed by atoms with Crippen LogP contribution >= 0.6 is 23.1 Å². The van der Waals surface area contributed by atoms with Crippen molar-refractivity contribution in [3.8, 4) is 0 Å². The maximum Gasteiger partial charge on any atom is 0.317 e. The second-order valence-corrected chi connectivity index (χ2v) is 8.57. The molecule has 0 aliphatic carbocycles. The molecule has 0 fully saturated rings. The smallest absolute Gasteiger partial charge is 0.317 e. The number of anilines is 2. The number of aromatic nitrogens is 2. The van der Waals surface area contributed by atoms with Crippen LogP contribution in [0.15, 0.2) is 52.9 Å². The summed E-state index contributed by atoms with van der Waals surface area (Å²) in [6, 6.07) is 14.7. The molecule has 1 heterocycles. The molecule has 2 aromatic carbocycles. The Bertz CT molecular complexity index is 988. The summed E-state index contributed by atoms with van der Waals surface area (Å²) in [5.41, 5.74) is 8.84. The Kier molecular flexibility index (Phi) is 6.84. The first-order chi connectivity index (χ1) is 13.9. The lowest BCUT2D eigenvalue weighted by atomic mass is 10.1. The van der Waals surface area contributed by atoms with E-state index in [9.17, 15) is 9.59 Å². The van der Waals surface area contributed by atoms with Crippen molar-refractivity contribution in [2.45, 2.75) is 24.3 Å². The molecule has 0 spiro atoms. The van der Waals surface area contributed by atoms with Crippen molar-refractivity contribution in [1.82, 2.24) is 10.2 Å². The fourth-order valence-electron chi connectivity index (χ4n) is 2.72. The van der Waals surface area contributed by atoms with Gasteiger partial charge in [-0.2, -0.15) is 0 Å². The molecular formula is C20H20N4O3S2. The molecule has 9 heteroatoms. The molecule has 3 aromatic rings. The number of carbonyl (C=O) groups is 2. The Hall–Kier alpha value is -2.91. The number of aryl methyl sites for hydroxylation is 2. The second kappa shape index (κ2) is 9.53. The Morgan fingerprint density at radius 1 is 1.14 bits per heavy atom. The highest BCUT2D eigenvalue weighted by Gasteiger charge is 2.25. The predicted octanol–water partition coefficient (Wildman–Crippen LogP) is 3.75. The molecule has 0 aliphatic heterocycles. The van der Waals surface area contributed by atoms with Gasteiger partial charge in [-0.15, -0.1) is 10.2 Å². The van der Waals surface area contributed by atoms with Crippen molar-refractivity contribution in [3.05, 3.63) is 65.2 Å². The molecule has 0 unspecified atom stereocenters. The minimum atomic E-state index is -1.07. The molecular weight excluding hydrogens is 408 g/mol. The van der Waals surface area contributed by atoms with Crippen molar-refractivity contribution < 1.29 is 14.3 Å². The van der Waals surface area contributed by atoms with E-state index in [1.54, 1.807) is 24.3 Å². The van der Waals surface area contributed by atoms with E-state index in [2.05, 4.69) is 15.5 Å². The summed E-state index contributed by atoms with van der Waals surface area (Å²) in [7, 11) is 0. The largest absolute Gasteiger partial charge is 0.447 e. The Morgan fingerprint density at radius 3 is 2.45 bits per heavy atom. The van der Waals surface area contributed by atoms with Crippen LogP contribution in [-0.4, -0.2) is 27.8 Å². The number of nitrogens with one attached hydrogen (secondary N) is 1. The van der Waals surface area contributed by atoms with Gasteiger partial charge in [0, 0.05) is 11.3 Å². The van der Waals surface area contributed by atoms with Crippen molar-refractivity contribution in [2.24, 2.45) is 0 Å². The number of nitrogens with zero attached hydrogens (tertiary/aromatic N) is 2. The van der Waals surface area contributed by atoms with E-state index in [4.69, 9.17) is 10.5 Å². The quantitative estimate of drug-likeness (QED) is 0.436. The highest BCUT2D eigenvalue weighted by molar-refractivity contribution is 8.01. The van der Waals surface area contributed by atoms with Crippen LogP contribution in [0.1, 0.15) is 22.8 Å². The van der Waals surface area contributed by atoms with Gasteiger partial charge in [0.15, 0.2) is 4.34 Å². The number of ether oxygens (including phenoxy) is 1. The van der Waals surface area contributed by atoms with Gasteiger partial charge in [-0.05, 0) is 37.1 Å². The lowest BCUT2D eigenvalue weighted by Crippen LogP contribution is -2.26. The molecule has 3 rings (SSSR count). The molecule has 0 aliphatic rings. The third-order valence-corrected chi connectivity index (χ3v) is 5.67. The van der Waals surface area contributed by atoms with Gasteiger partial charge in [-0.25, -0.2) is 0 Å². The van der Waals surface area contributed by atoms with E-state index in [0.717, 1.165) is 22.9 Å². The van der Waals surface area contributed by atoms with Crippen LogP contribution in [-0.2, 0) is 14.3 Å². The summed E-state index contributed by atoms with van der Waals surface area (Å²) in [5, 5.41) is 10.7. The van der Waals surface area contributed by atoms with Crippen molar-refractivity contribution in [1.29, 1.82) is 0 Å². The number of esters is 1. The van der Waals surface area contributed by atoms with Crippen molar-refractivity contribution in [2.75, 3.05) is 16.8 Å². The van der Waals surface area contributed by atoms with E-state index in [0.29, 0.717) is 20.7 Å². The molecule has 7 nitrogen and oxygen atoms in total. The van der Waals surface area contributed by atoms with E-state index in [1.165, 1.54) is 11.3 Å². The molecule has 1 atom stereocenters. The summed E-state index contributed by atoms with van der Waals surface area (Å²) in [4.78, 5) is 25.3. The Labute approximate surface area is 176 Å². The normalized spacial score (nSPS) is 11.7. The minimum Gasteiger partial charge on any atom is -0.447 e. The van der Waals surface area contributed by atoms with Crippen molar-refractivity contribution in [3.63, 3.8) is 0 Å². The van der Waals surface area contributed by atoms with Gasteiger partial charge in [-0.1, -0.05) is 59.5 Å². The fraction of sp³-hybridized carbons (Fsp3) is 0.200. The fourth-order valence-corrected chi connectivity index (χ4v) is 4.14. The van der Waals surface area contributed by atoms with Gasteiger partial charge >= 0.3 is 5.97 Å². The van der Waals surface area contributed by atoms with E-state index >= 15 is 0 Å². The molecule has 0 radical (unpaired) electrons. The monoisotopic (exact) mass is 428 g/mol. The predicted molar refractivity (Wildman–Crippen MR) is 115 cm³/mol. The number of rotatable bonds is 7. The van der Waals surface area contributed by atoms with E-state index in [-0.39, 0.29) is 5.75 Å². The summed E-state index contributed by atoms with van der Waals surface area (Å²) in [6.45, 7) is 3.91. The summed E-state index contributed by atoms with van der Waals surface area (Å²) < 4.78 is 6.08. The summed E-state index contributed by atoms with van der Waals surface area (Å²) >= 11 is 2.35. The molecule has 3 N–H and O–H groups in total. The number of hydrogen-bond acceptors (Lipinski definition) is 8. The maximum atomic E-state index is 12.9. The molecule has 0 saturated heterocycles. The van der Waals surface area contributed by atoms with Crippen LogP contribution in [0.4, 0.5) is 10.8 Å². The SMILES string of the molecule is Cc1cc(C)cc(NC(=O)[C@@H](OC(=O)CSc2nnc(N)s2)c2ccccc2)c1. The second-order valence-electron chi connectivity index (χ2n) is 6.34. The van der Waals surface area contributed by atoms with Crippen LogP contribution < -0.4 is 11.1 Å². The number of nitrogens with two attached hydrogens (primary N) is 1. The van der Waals surface area contributed by atoms with Crippen LogP contribution in [0, 0.1) is 13.8 Å². The number of hydrogen-bond donors (Lipinski definition) is 2. The van der Waals surface area contributed by atoms with Gasteiger partial charge in [0.25, 0.3) is 5.91 Å². The number of carbonyl (C=O) groups excluding carboxylic acids is 2. The zero-order chi connectivity index (χ0) is 20.8. The van der Waals surface area contributed by atoms with Gasteiger partial charge in [-0.3, -0.25) is 9.59 Å². The number of amides is 1. The zero-order valence-corrected chi connectivity index (χ0v) is 17.5. The molecule has 29 heavy (non-hydrogen) atoms. The van der Waals surface area contributed by atoms with Crippen LogP contribution in [0.5, 0.6) is 0 Å². The average Bonchev–Trinajstić information content (AvgIpc) is 3.09. The van der Waals surface area contributed by atoms with Crippen LogP contribution in [0.2, 0.25) is 0 Å². The first kappa shape index (κ1) is 20.8. The summed E-state index contributed by atoms with van der Waals surface area (Å²) in [6.07, 6.45) is -1.07. The third-order valence-electron chi connectivity index (χ3n) is 3.81. The number of benzene rings is 2. The minimum absolute atomic E-state index is 0.00516. The zero-order valence-electron chi connectivity index (χ0n) is 15.9. The van der Waals surface area contributed by atoms with E-state index < -0.39 is 18.0 Å². The van der Waals surface area contributed by atoms with Crippen LogP contribution in [0.25, 0.3) is 0 Å². The van der Waals surface area contributed by atoms with Gasteiger partial charge in [0.05, 0.1) is 5.75 Å². The standard InChI is InChI=1S/C20H20N4O3S2/c1-12-8-13(2)10-15(9-12)22-18(26)17(14-6-4-3-5-7-14)27-16(25)11-28-20-24-23-19(21)29-20/h3-10,17H,11H2,1-2H3,(H2,21,23)(H,22,26)/t17-/m0/s1. The first-order valence-corrected chi connectivity index (χ1v) is 10.6. The lowest BCUT2D eigenvalue weighted by molar-refractivity contribution is -0.152. The van der Waals surface area contributed by atoms with Crippen molar-refractivity contribution >= 4 is 45.8 Å². The third kappa shape index (κ3) is 6.03. The molecule has 1 aromatic heterocycles. The highest BCUT2D eigenvalue weighted by Crippen LogP contribution is 2.26. The number of thioether (sulfide) groups is 1. The molecule has 1 amide bonds. The molecule has 0 saturated carbocycles. The van der Waals surface area contributed by atoms with Gasteiger partial charge in [0.2, 0.25) is 11.2 Å². The molecule has 0 bridgehead atoms. The first-order valence-electron chi connectivity index (χ1n) is 8.76. The summed E-state index contributed by atoms with van der Waals surface area (Å²) in [5.74, 6) is -0.956. The highest BCUT2D eigenvalue weighted by atomic mass is 32.2. The molecule has 150 valence electrons. The lowest BCUT2D eigenvalue weighted by Gasteiger charge is -2.18. The average molecular weight is 429 g/mol. The maximum absolute atomic E-state index is 12.9. The van der Waals surface area contributed by atoms with Gasteiger partial charge < -0.3 is 15.8 Å². The Balaban J connectivity index is 1.72.